The molecule has 0 unspecified atom stereocenters. The highest BCUT2D eigenvalue weighted by Crippen LogP contribution is 2.19. The summed E-state index contributed by atoms with van der Waals surface area (Å²) < 4.78 is 24.7. The normalized spacial score (nSPS) is 14.4. The van der Waals surface area contributed by atoms with E-state index in [9.17, 15) is 9.18 Å². The second kappa shape index (κ2) is 11.0. The quantitative estimate of drug-likeness (QED) is 0.478. The monoisotopic (exact) mass is 440 g/mol. The van der Waals surface area contributed by atoms with Crippen LogP contribution in [0, 0.1) is 5.82 Å². The van der Waals surface area contributed by atoms with Crippen LogP contribution >= 0.6 is 0 Å². The third-order valence-corrected chi connectivity index (χ3v) is 5.54. The van der Waals surface area contributed by atoms with E-state index in [0.717, 1.165) is 60.6 Å². The summed E-state index contributed by atoms with van der Waals surface area (Å²) >= 11 is 0. The lowest BCUT2D eigenvalue weighted by atomic mass is 10.1. The molecule has 1 aliphatic rings. The summed E-state index contributed by atoms with van der Waals surface area (Å²) in [5.41, 5.74) is 2.83. The zero-order valence-electron chi connectivity index (χ0n) is 18.0. The van der Waals surface area contributed by atoms with E-state index < -0.39 is 0 Å². The zero-order valence-corrected chi connectivity index (χ0v) is 18.0. The summed E-state index contributed by atoms with van der Waals surface area (Å²) in [4.78, 5) is 17.6. The molecule has 1 aliphatic heterocycles. The van der Waals surface area contributed by atoms with E-state index >= 15 is 0 Å². The van der Waals surface area contributed by atoms with Crippen molar-refractivity contribution in [1.29, 1.82) is 0 Å². The van der Waals surface area contributed by atoms with Crippen molar-refractivity contribution >= 4 is 16.9 Å². The molecule has 8 heteroatoms. The van der Waals surface area contributed by atoms with Crippen LogP contribution in [-0.2, 0) is 17.7 Å². The van der Waals surface area contributed by atoms with Gasteiger partial charge in [0.1, 0.15) is 18.2 Å². The molecule has 32 heavy (non-hydrogen) atoms. The summed E-state index contributed by atoms with van der Waals surface area (Å²) in [5.74, 6) is 0.529. The number of fused-ring (bicyclic) bond motifs is 1. The number of carbonyl (C=O) groups is 1. The fourth-order valence-electron chi connectivity index (χ4n) is 3.78. The first kappa shape index (κ1) is 22.1. The molecule has 0 atom stereocenters. The molecule has 0 bridgehead atoms. The number of morpholine rings is 1. The SMILES string of the molecule is O=C(NCCc1c[nH]c2ccc(F)cc12)NCc1cccc(OCCN2CCOCC2)c1. The van der Waals surface area contributed by atoms with Crippen LogP contribution in [0.4, 0.5) is 9.18 Å². The molecule has 0 aliphatic carbocycles. The molecule has 2 aromatic carbocycles. The first-order chi connectivity index (χ1) is 15.7. The van der Waals surface area contributed by atoms with E-state index in [2.05, 4.69) is 20.5 Å². The Bertz CT molecular complexity index is 1030. The van der Waals surface area contributed by atoms with Crippen molar-refractivity contribution in [1.82, 2.24) is 20.5 Å². The van der Waals surface area contributed by atoms with Crippen molar-refractivity contribution in [3.63, 3.8) is 0 Å². The average molecular weight is 441 g/mol. The van der Waals surface area contributed by atoms with Crippen molar-refractivity contribution in [2.75, 3.05) is 46.0 Å². The smallest absolute Gasteiger partial charge is 0.315 e. The van der Waals surface area contributed by atoms with Gasteiger partial charge in [-0.05, 0) is 47.9 Å². The predicted molar refractivity (Wildman–Crippen MR) is 121 cm³/mol. The minimum absolute atomic E-state index is 0.241. The lowest BCUT2D eigenvalue weighted by Gasteiger charge is -2.26. The number of H-pyrrole nitrogens is 1. The molecule has 1 aromatic heterocycles. The van der Waals surface area contributed by atoms with Crippen molar-refractivity contribution in [2.45, 2.75) is 13.0 Å². The second-order valence-electron chi connectivity index (χ2n) is 7.81. The molecule has 0 saturated carbocycles. The number of benzene rings is 2. The van der Waals surface area contributed by atoms with E-state index in [1.54, 1.807) is 6.07 Å². The molecule has 170 valence electrons. The standard InChI is InChI=1S/C24H29FN4O3/c25-20-4-5-23-22(15-20)19(17-27-23)6-7-26-24(30)28-16-18-2-1-3-21(14-18)32-13-10-29-8-11-31-12-9-29/h1-5,14-15,17,27H,6-13,16H2,(H2,26,28,30). The Kier molecular flexibility index (Phi) is 7.58. The Morgan fingerprint density at radius 2 is 2.03 bits per heavy atom. The molecular weight excluding hydrogens is 411 g/mol. The van der Waals surface area contributed by atoms with Crippen LogP contribution in [0.2, 0.25) is 0 Å². The lowest BCUT2D eigenvalue weighted by Crippen LogP contribution is -2.38. The largest absolute Gasteiger partial charge is 0.492 e. The lowest BCUT2D eigenvalue weighted by molar-refractivity contribution is 0.0322. The fraction of sp³-hybridized carbons (Fsp3) is 0.375. The van der Waals surface area contributed by atoms with E-state index in [1.165, 1.54) is 12.1 Å². The number of ether oxygens (including phenoxy) is 2. The second-order valence-corrected chi connectivity index (χ2v) is 7.81. The van der Waals surface area contributed by atoms with Gasteiger partial charge in [0.25, 0.3) is 0 Å². The number of carbonyl (C=O) groups excluding carboxylic acids is 1. The first-order valence-corrected chi connectivity index (χ1v) is 11.0. The number of nitrogens with one attached hydrogen (secondary N) is 3. The van der Waals surface area contributed by atoms with Crippen LogP contribution in [0.5, 0.6) is 5.75 Å². The highest BCUT2D eigenvalue weighted by Gasteiger charge is 2.10. The third kappa shape index (κ3) is 6.21. The Morgan fingerprint density at radius 3 is 2.91 bits per heavy atom. The number of hydrogen-bond acceptors (Lipinski definition) is 4. The predicted octanol–water partition coefficient (Wildman–Crippen LogP) is 3.06. The van der Waals surface area contributed by atoms with Gasteiger partial charge in [0.05, 0.1) is 13.2 Å². The summed E-state index contributed by atoms with van der Waals surface area (Å²) in [5, 5.41) is 6.56. The number of aromatic nitrogens is 1. The van der Waals surface area contributed by atoms with Gasteiger partial charge >= 0.3 is 6.03 Å². The van der Waals surface area contributed by atoms with Gasteiger partial charge in [0.15, 0.2) is 0 Å². The van der Waals surface area contributed by atoms with Gasteiger partial charge in [0.2, 0.25) is 0 Å². The van der Waals surface area contributed by atoms with Crippen molar-refractivity contribution in [3.8, 4) is 5.75 Å². The van der Waals surface area contributed by atoms with Gasteiger partial charge in [-0.25, -0.2) is 9.18 Å². The maximum Gasteiger partial charge on any atom is 0.315 e. The van der Waals surface area contributed by atoms with Gasteiger partial charge in [0, 0.05) is 49.8 Å². The van der Waals surface area contributed by atoms with Crippen LogP contribution in [-0.4, -0.2) is 61.9 Å². The minimum Gasteiger partial charge on any atom is -0.492 e. The molecular formula is C24H29FN4O3. The van der Waals surface area contributed by atoms with Crippen LogP contribution in [0.15, 0.2) is 48.7 Å². The summed E-state index contributed by atoms with van der Waals surface area (Å²) in [6, 6.07) is 12.2. The Morgan fingerprint density at radius 1 is 1.16 bits per heavy atom. The number of rotatable bonds is 9. The fourth-order valence-corrected chi connectivity index (χ4v) is 3.78. The molecule has 2 heterocycles. The summed E-state index contributed by atoms with van der Waals surface area (Å²) in [6.07, 6.45) is 2.47. The van der Waals surface area contributed by atoms with E-state index in [1.807, 2.05) is 30.5 Å². The van der Waals surface area contributed by atoms with E-state index in [4.69, 9.17) is 9.47 Å². The molecule has 2 amide bonds. The number of hydrogen-bond donors (Lipinski definition) is 3. The van der Waals surface area contributed by atoms with Gasteiger partial charge in [-0.3, -0.25) is 4.90 Å². The van der Waals surface area contributed by atoms with E-state index in [0.29, 0.717) is 26.1 Å². The maximum absolute atomic E-state index is 13.5. The molecule has 1 saturated heterocycles. The van der Waals surface area contributed by atoms with Crippen LogP contribution < -0.4 is 15.4 Å². The van der Waals surface area contributed by atoms with E-state index in [-0.39, 0.29) is 11.8 Å². The Balaban J connectivity index is 1.17. The summed E-state index contributed by atoms with van der Waals surface area (Å²) in [6.45, 7) is 5.81. The number of urea groups is 1. The highest BCUT2D eigenvalue weighted by molar-refractivity contribution is 5.83. The molecule has 3 aromatic rings. The minimum atomic E-state index is -0.267. The number of amides is 2. The maximum atomic E-state index is 13.5. The molecule has 7 nitrogen and oxygen atoms in total. The average Bonchev–Trinajstić information content (AvgIpc) is 3.21. The van der Waals surface area contributed by atoms with Crippen molar-refractivity contribution < 1.29 is 18.7 Å². The van der Waals surface area contributed by atoms with Crippen molar-refractivity contribution in [2.24, 2.45) is 0 Å². The molecule has 4 rings (SSSR count). The first-order valence-electron chi connectivity index (χ1n) is 11.0. The number of aromatic amines is 1. The van der Waals surface area contributed by atoms with Crippen LogP contribution in [0.25, 0.3) is 10.9 Å². The molecule has 3 N–H and O–H groups in total. The van der Waals surface area contributed by atoms with Gasteiger partial charge in [-0.15, -0.1) is 0 Å². The number of halogens is 1. The summed E-state index contributed by atoms with van der Waals surface area (Å²) in [7, 11) is 0. The molecule has 0 spiro atoms. The molecule has 0 radical (unpaired) electrons. The van der Waals surface area contributed by atoms with Crippen molar-refractivity contribution in [3.05, 3.63) is 65.6 Å². The molecule has 1 fully saturated rings. The topological polar surface area (TPSA) is 78.6 Å². The van der Waals surface area contributed by atoms with Gasteiger partial charge in [-0.2, -0.15) is 0 Å². The Labute approximate surface area is 186 Å². The Hall–Kier alpha value is -3.10. The van der Waals surface area contributed by atoms with Gasteiger partial charge < -0.3 is 25.1 Å². The van der Waals surface area contributed by atoms with Crippen LogP contribution in [0.3, 0.4) is 0 Å². The number of nitrogens with zero attached hydrogens (tertiary/aromatic N) is 1. The van der Waals surface area contributed by atoms with Crippen LogP contribution in [0.1, 0.15) is 11.1 Å². The zero-order chi connectivity index (χ0) is 22.2. The van der Waals surface area contributed by atoms with Gasteiger partial charge in [-0.1, -0.05) is 12.1 Å². The third-order valence-electron chi connectivity index (χ3n) is 5.54. The highest BCUT2D eigenvalue weighted by atomic mass is 19.1.